The molecule has 2 rings (SSSR count). The van der Waals surface area contributed by atoms with Crippen molar-refractivity contribution < 1.29 is 9.66 Å². The van der Waals surface area contributed by atoms with Crippen LogP contribution in [0.2, 0.25) is 0 Å². The molecule has 1 aromatic rings. The second-order valence-corrected chi connectivity index (χ2v) is 5.77. The largest absolute Gasteiger partial charge is 0.484 e. The Kier molecular flexibility index (Phi) is 7.28. The van der Waals surface area contributed by atoms with Gasteiger partial charge in [0.05, 0.1) is 7.05 Å². The van der Waals surface area contributed by atoms with E-state index in [1.807, 2.05) is 24.4 Å². The van der Waals surface area contributed by atoms with Gasteiger partial charge in [0.25, 0.3) is 0 Å². The first-order chi connectivity index (χ1) is 12.5. The molecule has 0 aliphatic heterocycles. The molecule has 0 radical (unpaired) electrons. The lowest BCUT2D eigenvalue weighted by molar-refractivity contribution is -0.391. The van der Waals surface area contributed by atoms with Crippen LogP contribution >= 0.6 is 0 Å². The standard InChI is InChI=1S/C18H25N5O3/c1-4-22(5-2)12-6-11-19-15-7-9-16(10-8-15)26-14-17-20-13-18(21(17)3)23(24)25/h6-7,9-11,13H,4-5,8,12,14H2,1-3H3. The van der Waals surface area contributed by atoms with Crippen molar-refractivity contribution in [2.45, 2.75) is 26.9 Å². The maximum absolute atomic E-state index is 10.8. The van der Waals surface area contributed by atoms with Gasteiger partial charge in [0.1, 0.15) is 12.0 Å². The number of nitro groups is 1. The number of nitrogens with zero attached hydrogens (tertiary/aromatic N) is 5. The zero-order valence-corrected chi connectivity index (χ0v) is 15.5. The fourth-order valence-electron chi connectivity index (χ4n) is 2.44. The van der Waals surface area contributed by atoms with Gasteiger partial charge in [-0.3, -0.25) is 4.99 Å². The van der Waals surface area contributed by atoms with Crippen molar-refractivity contribution in [2.75, 3.05) is 19.6 Å². The molecule has 0 bridgehead atoms. The Labute approximate surface area is 153 Å². The van der Waals surface area contributed by atoms with Crippen LogP contribution in [0.3, 0.4) is 0 Å². The van der Waals surface area contributed by atoms with Gasteiger partial charge in [-0.1, -0.05) is 19.9 Å². The summed E-state index contributed by atoms with van der Waals surface area (Å²) in [7, 11) is 1.60. The Bertz CT molecular complexity index is 742. The number of aliphatic imine (C=N–C) groups is 1. The van der Waals surface area contributed by atoms with Crippen molar-refractivity contribution in [1.82, 2.24) is 14.5 Å². The van der Waals surface area contributed by atoms with Gasteiger partial charge < -0.3 is 19.8 Å². The molecule has 0 saturated carbocycles. The molecular formula is C18H25N5O3. The molecular weight excluding hydrogens is 334 g/mol. The van der Waals surface area contributed by atoms with Gasteiger partial charge in [-0.25, -0.2) is 9.55 Å². The van der Waals surface area contributed by atoms with E-state index in [4.69, 9.17) is 4.74 Å². The first-order valence-corrected chi connectivity index (χ1v) is 8.65. The third-order valence-electron chi connectivity index (χ3n) is 4.17. The third-order valence-corrected chi connectivity index (χ3v) is 4.17. The monoisotopic (exact) mass is 359 g/mol. The number of aromatic nitrogens is 2. The van der Waals surface area contributed by atoms with Gasteiger partial charge in [-0.15, -0.1) is 0 Å². The second-order valence-electron chi connectivity index (χ2n) is 5.77. The molecule has 1 aliphatic carbocycles. The molecule has 0 atom stereocenters. The van der Waals surface area contributed by atoms with E-state index in [2.05, 4.69) is 34.8 Å². The highest BCUT2D eigenvalue weighted by Gasteiger charge is 2.17. The van der Waals surface area contributed by atoms with Crippen molar-refractivity contribution in [2.24, 2.45) is 12.0 Å². The zero-order valence-electron chi connectivity index (χ0n) is 15.5. The van der Waals surface area contributed by atoms with Crippen LogP contribution < -0.4 is 0 Å². The Morgan fingerprint density at radius 3 is 2.77 bits per heavy atom. The van der Waals surface area contributed by atoms with Crippen molar-refractivity contribution in [3.8, 4) is 0 Å². The summed E-state index contributed by atoms with van der Waals surface area (Å²) in [5.74, 6) is 1.16. The lowest BCUT2D eigenvalue weighted by atomic mass is 10.1. The number of hydrogen-bond donors (Lipinski definition) is 0. The van der Waals surface area contributed by atoms with E-state index in [9.17, 15) is 10.1 Å². The van der Waals surface area contributed by atoms with Gasteiger partial charge in [0.2, 0.25) is 5.82 Å². The molecule has 0 N–H and O–H groups in total. The number of allylic oxidation sites excluding steroid dienone is 3. The molecule has 1 aliphatic rings. The predicted octanol–water partition coefficient (Wildman–Crippen LogP) is 2.99. The summed E-state index contributed by atoms with van der Waals surface area (Å²) in [4.78, 5) is 21.1. The minimum Gasteiger partial charge on any atom is -0.484 e. The topological polar surface area (TPSA) is 85.8 Å². The van der Waals surface area contributed by atoms with E-state index >= 15 is 0 Å². The van der Waals surface area contributed by atoms with E-state index in [1.54, 1.807) is 7.05 Å². The summed E-state index contributed by atoms with van der Waals surface area (Å²) in [6, 6.07) is 0. The smallest absolute Gasteiger partial charge is 0.342 e. The van der Waals surface area contributed by atoms with Gasteiger partial charge in [0.15, 0.2) is 6.61 Å². The Morgan fingerprint density at radius 1 is 1.42 bits per heavy atom. The second kappa shape index (κ2) is 9.67. The first-order valence-electron chi connectivity index (χ1n) is 8.65. The number of rotatable bonds is 9. The fraction of sp³-hybridized carbons (Fsp3) is 0.444. The zero-order chi connectivity index (χ0) is 18.9. The van der Waals surface area contributed by atoms with Crippen molar-refractivity contribution in [3.05, 3.63) is 58.4 Å². The molecule has 140 valence electrons. The molecule has 0 unspecified atom stereocenters. The predicted molar refractivity (Wildman–Crippen MR) is 101 cm³/mol. The van der Waals surface area contributed by atoms with Crippen LogP contribution in [-0.4, -0.2) is 44.7 Å². The molecule has 0 fully saturated rings. The maximum Gasteiger partial charge on any atom is 0.342 e. The SMILES string of the molecule is CCN(CC)CC=CN=C1C=CC(OCc2ncc([N+](=O)[O-])n2C)=CC1. The number of imidazole rings is 1. The molecule has 1 aromatic heterocycles. The van der Waals surface area contributed by atoms with Crippen LogP contribution in [0.5, 0.6) is 0 Å². The maximum atomic E-state index is 10.8. The summed E-state index contributed by atoms with van der Waals surface area (Å²) >= 11 is 0. The van der Waals surface area contributed by atoms with Gasteiger partial charge in [-0.2, -0.15) is 0 Å². The van der Waals surface area contributed by atoms with Crippen LogP contribution in [0.4, 0.5) is 5.82 Å². The van der Waals surface area contributed by atoms with E-state index in [0.717, 1.165) is 25.3 Å². The molecule has 8 heteroatoms. The van der Waals surface area contributed by atoms with E-state index in [-0.39, 0.29) is 12.4 Å². The Hall–Kier alpha value is -2.74. The van der Waals surface area contributed by atoms with Crippen molar-refractivity contribution in [1.29, 1.82) is 0 Å². The van der Waals surface area contributed by atoms with Crippen LogP contribution in [0.1, 0.15) is 26.1 Å². The highest BCUT2D eigenvalue weighted by Crippen LogP contribution is 2.16. The summed E-state index contributed by atoms with van der Waals surface area (Å²) in [5, 5.41) is 10.8. The Morgan fingerprint density at radius 2 is 2.19 bits per heavy atom. The minimum atomic E-state index is -0.465. The number of ether oxygens (including phenoxy) is 1. The summed E-state index contributed by atoms with van der Waals surface area (Å²) in [6.45, 7) is 7.41. The minimum absolute atomic E-state index is 0.0531. The lowest BCUT2D eigenvalue weighted by Crippen LogP contribution is -2.22. The third kappa shape index (κ3) is 5.38. The van der Waals surface area contributed by atoms with E-state index < -0.39 is 4.92 Å². The average Bonchev–Trinajstić information content (AvgIpc) is 3.02. The summed E-state index contributed by atoms with van der Waals surface area (Å²) in [5.41, 5.74) is 0.959. The highest BCUT2D eigenvalue weighted by molar-refractivity contribution is 5.97. The highest BCUT2D eigenvalue weighted by atomic mass is 16.6. The molecule has 8 nitrogen and oxygen atoms in total. The average molecular weight is 359 g/mol. The fourth-order valence-corrected chi connectivity index (χ4v) is 2.44. The van der Waals surface area contributed by atoms with Crippen LogP contribution in [0.15, 0.2) is 47.5 Å². The molecule has 1 heterocycles. The van der Waals surface area contributed by atoms with Gasteiger partial charge in [0, 0.05) is 24.9 Å². The van der Waals surface area contributed by atoms with Crippen molar-refractivity contribution >= 4 is 11.5 Å². The number of likely N-dealkylation sites (N-methyl/N-ethyl adjacent to an activating group) is 1. The lowest BCUT2D eigenvalue weighted by Gasteiger charge is -2.14. The number of hydrogen-bond acceptors (Lipinski definition) is 6. The summed E-state index contributed by atoms with van der Waals surface area (Å²) < 4.78 is 7.08. The van der Waals surface area contributed by atoms with E-state index in [1.165, 1.54) is 10.8 Å². The molecule has 0 amide bonds. The quantitative estimate of drug-likeness (QED) is 0.500. The van der Waals surface area contributed by atoms with Crippen molar-refractivity contribution in [3.63, 3.8) is 0 Å². The van der Waals surface area contributed by atoms with E-state index in [0.29, 0.717) is 18.0 Å². The first kappa shape index (κ1) is 19.6. The summed E-state index contributed by atoms with van der Waals surface area (Å²) in [6.07, 6.45) is 11.5. The molecule has 26 heavy (non-hydrogen) atoms. The van der Waals surface area contributed by atoms with Crippen LogP contribution in [-0.2, 0) is 18.4 Å². The molecule has 0 spiro atoms. The van der Waals surface area contributed by atoms with Gasteiger partial charge in [-0.05, 0) is 36.2 Å². The van der Waals surface area contributed by atoms with Gasteiger partial charge >= 0.3 is 5.82 Å². The normalized spacial score (nSPS) is 15.8. The Balaban J connectivity index is 1.83. The van der Waals surface area contributed by atoms with Crippen LogP contribution in [0.25, 0.3) is 0 Å². The molecule has 0 aromatic carbocycles. The molecule has 0 saturated heterocycles. The van der Waals surface area contributed by atoms with Crippen LogP contribution in [0, 0.1) is 10.1 Å².